The molecule has 0 radical (unpaired) electrons. The number of alkyl halides is 1. The molecule has 5 nitrogen and oxygen atoms in total. The summed E-state index contributed by atoms with van der Waals surface area (Å²) in [7, 11) is 1.61. The lowest BCUT2D eigenvalue weighted by molar-refractivity contribution is -0.137. The number of ether oxygens (including phenoxy) is 1. The number of halogens is 1. The molecule has 3 atom stereocenters. The van der Waals surface area contributed by atoms with Crippen molar-refractivity contribution in [3.63, 3.8) is 0 Å². The van der Waals surface area contributed by atoms with Gasteiger partial charge in [-0.3, -0.25) is 9.78 Å². The Balaban J connectivity index is 1.56. The molecule has 2 heterocycles. The van der Waals surface area contributed by atoms with Gasteiger partial charge in [0.15, 0.2) is 0 Å². The molecule has 1 aromatic carbocycles. The molecule has 3 rings (SSSR count). The fourth-order valence-corrected chi connectivity index (χ4v) is 6.21. The SMILES string of the molecule is CCCCSCCCN1CCC(CC[C@H](F)c2ccnc3ccc(OC)cc23)C(CCC(=O)O)C1. The van der Waals surface area contributed by atoms with Crippen molar-refractivity contribution in [2.45, 2.75) is 64.5 Å². The van der Waals surface area contributed by atoms with Crippen LogP contribution in [0.25, 0.3) is 10.9 Å². The number of likely N-dealkylation sites (tertiary alicyclic amines) is 1. The van der Waals surface area contributed by atoms with Gasteiger partial charge in [-0.25, -0.2) is 4.39 Å². The summed E-state index contributed by atoms with van der Waals surface area (Å²) >= 11 is 2.04. The Kier molecular flexibility index (Phi) is 11.6. The van der Waals surface area contributed by atoms with E-state index in [2.05, 4.69) is 16.8 Å². The first-order valence-corrected chi connectivity index (χ1v) is 14.3. The molecule has 1 aromatic heterocycles. The predicted octanol–water partition coefficient (Wildman–Crippen LogP) is 6.76. The molecular formula is C28H41FN2O3S. The van der Waals surface area contributed by atoms with E-state index in [4.69, 9.17) is 4.74 Å². The lowest BCUT2D eigenvalue weighted by atomic mass is 9.79. The number of aromatic nitrogens is 1. The van der Waals surface area contributed by atoms with E-state index >= 15 is 4.39 Å². The molecule has 1 fully saturated rings. The fourth-order valence-electron chi connectivity index (χ4n) is 5.18. The van der Waals surface area contributed by atoms with E-state index in [1.165, 1.54) is 30.8 Å². The Labute approximate surface area is 213 Å². The highest BCUT2D eigenvalue weighted by atomic mass is 32.2. The van der Waals surface area contributed by atoms with Crippen LogP contribution in [0.5, 0.6) is 5.75 Å². The molecule has 1 aliphatic rings. The summed E-state index contributed by atoms with van der Waals surface area (Å²) in [6.07, 6.45) is 7.41. The van der Waals surface area contributed by atoms with Gasteiger partial charge in [0, 0.05) is 24.5 Å². The van der Waals surface area contributed by atoms with E-state index in [9.17, 15) is 9.90 Å². The highest BCUT2D eigenvalue weighted by molar-refractivity contribution is 7.99. The van der Waals surface area contributed by atoms with Crippen molar-refractivity contribution in [2.24, 2.45) is 11.8 Å². The number of rotatable bonds is 15. The Hall–Kier alpha value is -1.86. The van der Waals surface area contributed by atoms with Crippen LogP contribution in [-0.2, 0) is 4.79 Å². The third-order valence-corrected chi connectivity index (χ3v) is 8.38. The Morgan fingerprint density at radius 1 is 1.26 bits per heavy atom. The van der Waals surface area contributed by atoms with Crippen LogP contribution in [0.3, 0.4) is 0 Å². The first-order chi connectivity index (χ1) is 17.0. The lowest BCUT2D eigenvalue weighted by Gasteiger charge is -2.39. The molecule has 2 unspecified atom stereocenters. The number of benzene rings is 1. The minimum absolute atomic E-state index is 0.190. The number of hydrogen-bond acceptors (Lipinski definition) is 5. The minimum Gasteiger partial charge on any atom is -0.497 e. The Bertz CT molecular complexity index is 928. The van der Waals surface area contributed by atoms with Crippen LogP contribution in [0, 0.1) is 11.8 Å². The van der Waals surface area contributed by atoms with E-state index in [1.807, 2.05) is 30.0 Å². The molecule has 0 bridgehead atoms. The summed E-state index contributed by atoms with van der Waals surface area (Å²) in [6.45, 7) is 5.26. The van der Waals surface area contributed by atoms with Crippen LogP contribution >= 0.6 is 11.8 Å². The number of aliphatic carboxylic acids is 1. The maximum absolute atomic E-state index is 15.5. The smallest absolute Gasteiger partial charge is 0.303 e. The van der Waals surface area contributed by atoms with E-state index < -0.39 is 12.1 Å². The van der Waals surface area contributed by atoms with Crippen LogP contribution < -0.4 is 4.74 Å². The molecule has 0 saturated carbocycles. The number of fused-ring (bicyclic) bond motifs is 1. The van der Waals surface area contributed by atoms with Crippen molar-refractivity contribution in [1.82, 2.24) is 9.88 Å². The van der Waals surface area contributed by atoms with Gasteiger partial charge in [0.05, 0.1) is 12.6 Å². The lowest BCUT2D eigenvalue weighted by Crippen LogP contribution is -2.41. The van der Waals surface area contributed by atoms with Crippen LogP contribution in [0.15, 0.2) is 30.5 Å². The quantitative estimate of drug-likeness (QED) is 0.270. The first kappa shape index (κ1) is 27.7. The second-order valence-corrected chi connectivity index (χ2v) is 10.9. The zero-order valence-corrected chi connectivity index (χ0v) is 22.1. The number of piperidine rings is 1. The highest BCUT2D eigenvalue weighted by Gasteiger charge is 2.30. The molecule has 0 amide bonds. The van der Waals surface area contributed by atoms with Crippen LogP contribution in [-0.4, -0.2) is 59.2 Å². The first-order valence-electron chi connectivity index (χ1n) is 13.1. The fraction of sp³-hybridized carbons (Fsp3) is 0.643. The number of pyridine rings is 1. The van der Waals surface area contributed by atoms with Gasteiger partial charge in [-0.15, -0.1) is 0 Å². The van der Waals surface area contributed by atoms with Crippen LogP contribution in [0.1, 0.15) is 70.0 Å². The molecular weight excluding hydrogens is 463 g/mol. The topological polar surface area (TPSA) is 62.7 Å². The third kappa shape index (κ3) is 8.64. The van der Waals surface area contributed by atoms with Gasteiger partial charge in [-0.1, -0.05) is 13.3 Å². The molecule has 1 saturated heterocycles. The maximum atomic E-state index is 15.5. The van der Waals surface area contributed by atoms with Gasteiger partial charge >= 0.3 is 5.97 Å². The van der Waals surface area contributed by atoms with Crippen molar-refractivity contribution in [1.29, 1.82) is 0 Å². The molecule has 2 aromatic rings. The number of hydrogen-bond donors (Lipinski definition) is 1. The molecule has 35 heavy (non-hydrogen) atoms. The number of carboxylic acids is 1. The molecule has 7 heteroatoms. The molecule has 0 spiro atoms. The molecule has 1 N–H and O–H groups in total. The molecule has 1 aliphatic heterocycles. The summed E-state index contributed by atoms with van der Waals surface area (Å²) < 4.78 is 20.8. The summed E-state index contributed by atoms with van der Waals surface area (Å²) in [6, 6.07) is 7.34. The second-order valence-electron chi connectivity index (χ2n) is 9.69. The Morgan fingerprint density at radius 3 is 2.86 bits per heavy atom. The van der Waals surface area contributed by atoms with E-state index in [0.29, 0.717) is 36.0 Å². The van der Waals surface area contributed by atoms with Crippen LogP contribution in [0.4, 0.5) is 4.39 Å². The highest BCUT2D eigenvalue weighted by Crippen LogP contribution is 2.36. The summed E-state index contributed by atoms with van der Waals surface area (Å²) in [5, 5.41) is 10.1. The van der Waals surface area contributed by atoms with Gasteiger partial charge in [-0.05, 0) is 105 Å². The average Bonchev–Trinajstić information content (AvgIpc) is 2.87. The van der Waals surface area contributed by atoms with Crippen molar-refractivity contribution in [3.8, 4) is 5.75 Å². The van der Waals surface area contributed by atoms with Crippen molar-refractivity contribution >= 4 is 28.6 Å². The standard InChI is InChI=1S/C28H41FN2O3S/c1-3-4-17-35-18-5-15-31-16-13-21(22(20-31)7-11-28(32)33)6-9-26(29)24-12-14-30-27-10-8-23(34-2)19-25(24)27/h8,10,12,14,19,21-22,26H,3-7,9,11,13,15-18,20H2,1-2H3,(H,32,33)/t21?,22?,26-/m0/s1. The average molecular weight is 505 g/mol. The minimum atomic E-state index is -1.08. The maximum Gasteiger partial charge on any atom is 0.303 e. The van der Waals surface area contributed by atoms with Gasteiger partial charge in [0.2, 0.25) is 0 Å². The monoisotopic (exact) mass is 504 g/mol. The number of thioether (sulfide) groups is 1. The number of carboxylic acid groups (broad SMARTS) is 1. The number of carbonyl (C=O) groups is 1. The van der Waals surface area contributed by atoms with E-state index in [-0.39, 0.29) is 6.42 Å². The normalized spacial score (nSPS) is 19.6. The number of nitrogens with zero attached hydrogens (tertiary/aromatic N) is 2. The van der Waals surface area contributed by atoms with Gasteiger partial charge in [-0.2, -0.15) is 11.8 Å². The van der Waals surface area contributed by atoms with Crippen LogP contribution in [0.2, 0.25) is 0 Å². The van der Waals surface area contributed by atoms with Gasteiger partial charge in [0.1, 0.15) is 11.9 Å². The van der Waals surface area contributed by atoms with Crippen molar-refractivity contribution in [3.05, 3.63) is 36.0 Å². The summed E-state index contributed by atoms with van der Waals surface area (Å²) in [5.41, 5.74) is 1.43. The zero-order valence-electron chi connectivity index (χ0n) is 21.3. The zero-order chi connectivity index (χ0) is 25.0. The van der Waals surface area contributed by atoms with E-state index in [0.717, 1.165) is 43.4 Å². The second kappa shape index (κ2) is 14.6. The predicted molar refractivity (Wildman–Crippen MR) is 143 cm³/mol. The Morgan fingerprint density at radius 2 is 2.09 bits per heavy atom. The third-order valence-electron chi connectivity index (χ3n) is 7.22. The largest absolute Gasteiger partial charge is 0.497 e. The summed E-state index contributed by atoms with van der Waals surface area (Å²) in [4.78, 5) is 18.1. The summed E-state index contributed by atoms with van der Waals surface area (Å²) in [5.74, 6) is 3.06. The van der Waals surface area contributed by atoms with Gasteiger partial charge in [0.25, 0.3) is 0 Å². The molecule has 0 aliphatic carbocycles. The van der Waals surface area contributed by atoms with Gasteiger partial charge < -0.3 is 14.7 Å². The van der Waals surface area contributed by atoms with E-state index in [1.54, 1.807) is 19.4 Å². The van der Waals surface area contributed by atoms with Crippen molar-refractivity contribution in [2.75, 3.05) is 38.2 Å². The number of unbranched alkanes of at least 4 members (excludes halogenated alkanes) is 1. The molecule has 194 valence electrons. The van der Waals surface area contributed by atoms with Crippen molar-refractivity contribution < 1.29 is 19.0 Å². The number of methoxy groups -OCH3 is 1.